The third kappa shape index (κ3) is 4.26. The van der Waals surface area contributed by atoms with Gasteiger partial charge in [-0.15, -0.1) is 0 Å². The second-order valence-electron chi connectivity index (χ2n) is 5.59. The normalized spacial score (nSPS) is 21.8. The Hall–Kier alpha value is -1.95. The van der Waals surface area contributed by atoms with Gasteiger partial charge >= 0.3 is 0 Å². The molecule has 0 atom stereocenters. The first-order valence-electron chi connectivity index (χ1n) is 7.31. The van der Waals surface area contributed by atoms with E-state index in [1.807, 2.05) is 0 Å². The lowest BCUT2D eigenvalue weighted by Gasteiger charge is -2.26. The van der Waals surface area contributed by atoms with E-state index in [0.29, 0.717) is 19.0 Å². The standard InChI is InChI=1S/C15H21N3O3/c16-9-11-1-5-13(6-2-11)15(19)17-10-12-3-7-14(8-4-12)18(20)21/h3-4,7-8,11,13H,1-2,5-6,9-10,16H2,(H,17,19). The van der Waals surface area contributed by atoms with Gasteiger partial charge in [-0.3, -0.25) is 14.9 Å². The van der Waals surface area contributed by atoms with Gasteiger partial charge in [0, 0.05) is 24.6 Å². The van der Waals surface area contributed by atoms with Crippen molar-refractivity contribution in [3.05, 3.63) is 39.9 Å². The minimum atomic E-state index is -0.432. The van der Waals surface area contributed by atoms with Gasteiger partial charge in [0.1, 0.15) is 0 Å². The maximum Gasteiger partial charge on any atom is 0.269 e. The van der Waals surface area contributed by atoms with Crippen molar-refractivity contribution in [2.75, 3.05) is 6.54 Å². The van der Waals surface area contributed by atoms with Crippen molar-refractivity contribution in [2.45, 2.75) is 32.2 Å². The number of non-ortho nitro benzene ring substituents is 1. The van der Waals surface area contributed by atoms with Gasteiger partial charge in [-0.25, -0.2) is 0 Å². The molecule has 0 unspecified atom stereocenters. The minimum Gasteiger partial charge on any atom is -0.352 e. The molecule has 1 aromatic carbocycles. The molecule has 2 rings (SSSR count). The van der Waals surface area contributed by atoms with Crippen LogP contribution in [0.3, 0.4) is 0 Å². The molecule has 6 nitrogen and oxygen atoms in total. The molecule has 0 radical (unpaired) electrons. The third-order valence-corrected chi connectivity index (χ3v) is 4.16. The molecule has 3 N–H and O–H groups in total. The van der Waals surface area contributed by atoms with Crippen molar-refractivity contribution in [1.29, 1.82) is 0 Å². The number of benzene rings is 1. The van der Waals surface area contributed by atoms with Crippen molar-refractivity contribution >= 4 is 11.6 Å². The summed E-state index contributed by atoms with van der Waals surface area (Å²) in [5.74, 6) is 0.707. The zero-order valence-corrected chi connectivity index (χ0v) is 12.0. The van der Waals surface area contributed by atoms with Crippen LogP contribution in [0.2, 0.25) is 0 Å². The summed E-state index contributed by atoms with van der Waals surface area (Å²) in [5.41, 5.74) is 6.57. The lowest BCUT2D eigenvalue weighted by atomic mass is 9.81. The number of hydrogen-bond acceptors (Lipinski definition) is 4. The molecule has 21 heavy (non-hydrogen) atoms. The highest BCUT2D eigenvalue weighted by atomic mass is 16.6. The van der Waals surface area contributed by atoms with Gasteiger partial charge in [-0.05, 0) is 43.7 Å². The molecule has 114 valence electrons. The molecule has 0 saturated heterocycles. The van der Waals surface area contributed by atoms with Gasteiger partial charge < -0.3 is 11.1 Å². The number of nitrogens with zero attached hydrogens (tertiary/aromatic N) is 1. The monoisotopic (exact) mass is 291 g/mol. The number of nitro groups is 1. The smallest absolute Gasteiger partial charge is 0.269 e. The quantitative estimate of drug-likeness (QED) is 0.640. The number of amides is 1. The predicted octanol–water partition coefficient (Wildman–Crippen LogP) is 1.98. The molecule has 1 amide bonds. The second-order valence-corrected chi connectivity index (χ2v) is 5.59. The lowest BCUT2D eigenvalue weighted by Crippen LogP contribution is -2.33. The number of nitrogens with two attached hydrogens (primary N) is 1. The fourth-order valence-electron chi connectivity index (χ4n) is 2.73. The highest BCUT2D eigenvalue weighted by Gasteiger charge is 2.25. The fraction of sp³-hybridized carbons (Fsp3) is 0.533. The van der Waals surface area contributed by atoms with E-state index >= 15 is 0 Å². The number of nitro benzene ring substituents is 1. The highest BCUT2D eigenvalue weighted by molar-refractivity contribution is 5.78. The summed E-state index contributed by atoms with van der Waals surface area (Å²) in [6, 6.07) is 6.25. The average Bonchev–Trinajstić information content (AvgIpc) is 2.53. The maximum absolute atomic E-state index is 12.1. The van der Waals surface area contributed by atoms with Crippen LogP contribution in [0.1, 0.15) is 31.2 Å². The van der Waals surface area contributed by atoms with E-state index in [-0.39, 0.29) is 17.5 Å². The van der Waals surface area contributed by atoms with Crippen LogP contribution in [0.15, 0.2) is 24.3 Å². The molecule has 6 heteroatoms. The molecule has 1 aromatic rings. The summed E-state index contributed by atoms with van der Waals surface area (Å²) in [6.45, 7) is 1.12. The zero-order valence-electron chi connectivity index (χ0n) is 12.0. The van der Waals surface area contributed by atoms with Gasteiger partial charge in [-0.2, -0.15) is 0 Å². The first kappa shape index (κ1) is 15.4. The Morgan fingerprint density at radius 1 is 1.24 bits per heavy atom. The molecular formula is C15H21N3O3. The second kappa shape index (κ2) is 7.17. The summed E-state index contributed by atoms with van der Waals surface area (Å²) in [7, 11) is 0. The van der Waals surface area contributed by atoms with Crippen LogP contribution < -0.4 is 11.1 Å². The molecule has 1 aliphatic rings. The molecule has 0 aliphatic heterocycles. The Bertz CT molecular complexity index is 493. The van der Waals surface area contributed by atoms with E-state index in [9.17, 15) is 14.9 Å². The van der Waals surface area contributed by atoms with E-state index < -0.39 is 4.92 Å². The van der Waals surface area contributed by atoms with Gasteiger partial charge in [0.15, 0.2) is 0 Å². The summed E-state index contributed by atoms with van der Waals surface area (Å²) >= 11 is 0. The predicted molar refractivity (Wildman–Crippen MR) is 79.4 cm³/mol. The molecule has 0 aromatic heterocycles. The SMILES string of the molecule is NCC1CCC(C(=O)NCc2ccc([N+](=O)[O-])cc2)CC1. The molecular weight excluding hydrogens is 270 g/mol. The van der Waals surface area contributed by atoms with Crippen LogP contribution in [0, 0.1) is 22.0 Å². The van der Waals surface area contributed by atoms with Crippen LogP contribution in [0.4, 0.5) is 5.69 Å². The van der Waals surface area contributed by atoms with E-state index in [1.165, 1.54) is 12.1 Å². The minimum absolute atomic E-state index is 0.0604. The maximum atomic E-state index is 12.1. The number of nitrogens with one attached hydrogen (secondary N) is 1. The van der Waals surface area contributed by atoms with Crippen LogP contribution in [-0.4, -0.2) is 17.4 Å². The first-order valence-corrected chi connectivity index (χ1v) is 7.31. The zero-order chi connectivity index (χ0) is 15.2. The molecule has 1 saturated carbocycles. The molecule has 0 spiro atoms. The van der Waals surface area contributed by atoms with E-state index in [2.05, 4.69) is 5.32 Å². The Morgan fingerprint density at radius 3 is 2.38 bits per heavy atom. The van der Waals surface area contributed by atoms with Crippen molar-refractivity contribution in [3.63, 3.8) is 0 Å². The Morgan fingerprint density at radius 2 is 1.86 bits per heavy atom. The highest BCUT2D eigenvalue weighted by Crippen LogP contribution is 2.28. The molecule has 0 heterocycles. The number of carbonyl (C=O) groups excluding carboxylic acids is 1. The van der Waals surface area contributed by atoms with Crippen molar-refractivity contribution in [3.8, 4) is 0 Å². The van der Waals surface area contributed by atoms with Crippen LogP contribution in [0.5, 0.6) is 0 Å². The molecule has 0 bridgehead atoms. The van der Waals surface area contributed by atoms with E-state index in [4.69, 9.17) is 5.73 Å². The lowest BCUT2D eigenvalue weighted by molar-refractivity contribution is -0.384. The summed E-state index contributed by atoms with van der Waals surface area (Å²) in [4.78, 5) is 22.2. The van der Waals surface area contributed by atoms with Crippen molar-refractivity contribution in [2.24, 2.45) is 17.6 Å². The Balaban J connectivity index is 1.80. The van der Waals surface area contributed by atoms with Gasteiger partial charge in [0.25, 0.3) is 5.69 Å². The topological polar surface area (TPSA) is 98.3 Å². The van der Waals surface area contributed by atoms with Crippen LogP contribution >= 0.6 is 0 Å². The molecule has 1 aliphatic carbocycles. The largest absolute Gasteiger partial charge is 0.352 e. The van der Waals surface area contributed by atoms with Gasteiger partial charge in [0.05, 0.1) is 4.92 Å². The van der Waals surface area contributed by atoms with Crippen molar-refractivity contribution in [1.82, 2.24) is 5.32 Å². The Kier molecular flexibility index (Phi) is 5.27. The van der Waals surface area contributed by atoms with Crippen LogP contribution in [-0.2, 0) is 11.3 Å². The number of carbonyl (C=O) groups is 1. The number of rotatable bonds is 5. The van der Waals surface area contributed by atoms with E-state index in [1.54, 1.807) is 12.1 Å². The van der Waals surface area contributed by atoms with E-state index in [0.717, 1.165) is 31.2 Å². The van der Waals surface area contributed by atoms with Gasteiger partial charge in [0.2, 0.25) is 5.91 Å². The van der Waals surface area contributed by atoms with Crippen LogP contribution in [0.25, 0.3) is 0 Å². The molecule has 1 fully saturated rings. The third-order valence-electron chi connectivity index (χ3n) is 4.16. The summed E-state index contributed by atoms with van der Waals surface area (Å²) in [6.07, 6.45) is 3.83. The summed E-state index contributed by atoms with van der Waals surface area (Å²) in [5, 5.41) is 13.5. The fourth-order valence-corrected chi connectivity index (χ4v) is 2.73. The average molecular weight is 291 g/mol. The first-order chi connectivity index (χ1) is 10.1. The number of hydrogen-bond donors (Lipinski definition) is 2. The summed E-state index contributed by atoms with van der Waals surface area (Å²) < 4.78 is 0. The van der Waals surface area contributed by atoms with Gasteiger partial charge in [-0.1, -0.05) is 12.1 Å². The van der Waals surface area contributed by atoms with Crippen molar-refractivity contribution < 1.29 is 9.72 Å². The Labute approximate surface area is 123 Å².